The predicted molar refractivity (Wildman–Crippen MR) is 81.0 cm³/mol. The quantitative estimate of drug-likeness (QED) is 0.454. The number of nitro groups is 1. The summed E-state index contributed by atoms with van der Waals surface area (Å²) < 4.78 is 7.89. The first-order valence-corrected chi connectivity index (χ1v) is 7.94. The highest BCUT2D eigenvalue weighted by Gasteiger charge is 2.40. The second-order valence-electron chi connectivity index (χ2n) is 5.69. The molecule has 8 heteroatoms. The molecule has 1 aliphatic heterocycles. The monoisotopic (exact) mass is 369 g/mol. The van der Waals surface area contributed by atoms with E-state index in [0.717, 1.165) is 24.2 Å². The second-order valence-corrected chi connectivity index (χ2v) is 6.54. The Kier molecular flexibility index (Phi) is 3.80. The van der Waals surface area contributed by atoms with Crippen molar-refractivity contribution in [1.82, 2.24) is 9.55 Å². The van der Waals surface area contributed by atoms with E-state index in [1.165, 1.54) is 6.92 Å². The number of aromatic nitrogens is 2. The van der Waals surface area contributed by atoms with Crippen LogP contribution in [0.4, 0.5) is 0 Å². The molecule has 2 atom stereocenters. The number of halogens is 1. The Labute approximate surface area is 135 Å². The summed E-state index contributed by atoms with van der Waals surface area (Å²) in [5.41, 5.74) is 2.28. The number of esters is 1. The van der Waals surface area contributed by atoms with Crippen LogP contribution in [0.5, 0.6) is 0 Å². The molecule has 0 saturated carbocycles. The van der Waals surface area contributed by atoms with Crippen LogP contribution in [-0.2, 0) is 22.5 Å². The molecule has 0 saturated heterocycles. The number of nitrogens with zero attached hydrogens (tertiary/aromatic N) is 3. The lowest BCUT2D eigenvalue weighted by Gasteiger charge is -2.25. The number of hydrogen-bond acceptors (Lipinski definition) is 5. The van der Waals surface area contributed by atoms with Gasteiger partial charge in [0.15, 0.2) is 11.9 Å². The van der Waals surface area contributed by atoms with Gasteiger partial charge in [0.2, 0.25) is 0 Å². The van der Waals surface area contributed by atoms with E-state index in [1.54, 1.807) is 0 Å². The molecular weight excluding hydrogens is 354 g/mol. The van der Waals surface area contributed by atoms with Gasteiger partial charge in [-0.25, -0.2) is 4.98 Å². The minimum Gasteiger partial charge on any atom is -0.454 e. The van der Waals surface area contributed by atoms with Gasteiger partial charge >= 0.3 is 5.97 Å². The van der Waals surface area contributed by atoms with Gasteiger partial charge in [-0.2, -0.15) is 0 Å². The number of hydrogen-bond donors (Lipinski definition) is 0. The Morgan fingerprint density at radius 2 is 2.27 bits per heavy atom. The third-order valence-electron chi connectivity index (χ3n) is 4.13. The van der Waals surface area contributed by atoms with Gasteiger partial charge in [-0.15, -0.1) is 0 Å². The summed E-state index contributed by atoms with van der Waals surface area (Å²) in [6, 6.07) is -0.972. The molecule has 3 rings (SSSR count). The van der Waals surface area contributed by atoms with Crippen molar-refractivity contribution in [3.63, 3.8) is 0 Å². The number of ether oxygens (including phenoxy) is 1. The van der Waals surface area contributed by atoms with Crippen molar-refractivity contribution in [2.75, 3.05) is 0 Å². The average Bonchev–Trinajstić information content (AvgIpc) is 2.78. The van der Waals surface area contributed by atoms with E-state index < -0.39 is 12.1 Å². The summed E-state index contributed by atoms with van der Waals surface area (Å²) in [5, 5.41) is 11.5. The normalized spacial score (nSPS) is 23.8. The number of allylic oxidation sites excluding steroid dienone is 1. The SMILES string of the molecule is CC(=O)OC1CCCn2c1nc1c2CC(C)=C(Br)C1[N+](=O)[O-]. The van der Waals surface area contributed by atoms with E-state index in [4.69, 9.17) is 4.74 Å². The molecule has 0 fully saturated rings. The maximum absolute atomic E-state index is 11.5. The molecule has 2 aliphatic rings. The fourth-order valence-electron chi connectivity index (χ4n) is 3.18. The van der Waals surface area contributed by atoms with Gasteiger partial charge < -0.3 is 9.30 Å². The van der Waals surface area contributed by atoms with E-state index in [9.17, 15) is 14.9 Å². The molecule has 0 amide bonds. The molecule has 1 aromatic rings. The lowest BCUT2D eigenvalue weighted by Crippen LogP contribution is -2.22. The lowest BCUT2D eigenvalue weighted by atomic mass is 9.97. The van der Waals surface area contributed by atoms with E-state index >= 15 is 0 Å². The van der Waals surface area contributed by atoms with Gasteiger partial charge in [0.1, 0.15) is 5.69 Å². The highest BCUT2D eigenvalue weighted by molar-refractivity contribution is 9.11. The average molecular weight is 370 g/mol. The topological polar surface area (TPSA) is 87.3 Å². The van der Waals surface area contributed by atoms with Crippen molar-refractivity contribution in [2.45, 2.75) is 51.8 Å². The van der Waals surface area contributed by atoms with Gasteiger partial charge in [-0.05, 0) is 41.3 Å². The van der Waals surface area contributed by atoms with Crippen LogP contribution in [-0.4, -0.2) is 20.4 Å². The van der Waals surface area contributed by atoms with Crippen LogP contribution in [0.15, 0.2) is 10.1 Å². The van der Waals surface area contributed by atoms with Crippen LogP contribution < -0.4 is 0 Å². The Hall–Kier alpha value is -1.70. The van der Waals surface area contributed by atoms with Crippen molar-refractivity contribution in [2.24, 2.45) is 0 Å². The van der Waals surface area contributed by atoms with Crippen LogP contribution in [0.3, 0.4) is 0 Å². The summed E-state index contributed by atoms with van der Waals surface area (Å²) in [6.45, 7) is 4.00. The molecule has 0 radical (unpaired) electrons. The highest BCUT2D eigenvalue weighted by Crippen LogP contribution is 2.42. The van der Waals surface area contributed by atoms with Crippen LogP contribution in [0.2, 0.25) is 0 Å². The van der Waals surface area contributed by atoms with E-state index in [0.29, 0.717) is 28.8 Å². The van der Waals surface area contributed by atoms with E-state index in [1.807, 2.05) is 11.5 Å². The van der Waals surface area contributed by atoms with E-state index in [2.05, 4.69) is 20.9 Å². The minimum absolute atomic E-state index is 0.328. The Morgan fingerprint density at radius 1 is 1.55 bits per heavy atom. The lowest BCUT2D eigenvalue weighted by molar-refractivity contribution is -0.517. The summed E-state index contributed by atoms with van der Waals surface area (Å²) in [7, 11) is 0. The molecule has 0 aromatic carbocycles. The Balaban J connectivity index is 2.10. The summed E-state index contributed by atoms with van der Waals surface area (Å²) in [4.78, 5) is 26.9. The zero-order valence-electron chi connectivity index (χ0n) is 12.3. The number of carbonyl (C=O) groups excluding carboxylic acids is 1. The third kappa shape index (κ3) is 2.35. The van der Waals surface area contributed by atoms with Crippen LogP contribution in [0.1, 0.15) is 56.0 Å². The van der Waals surface area contributed by atoms with Gasteiger partial charge in [0.25, 0.3) is 6.04 Å². The number of carbonyl (C=O) groups is 1. The molecule has 1 aliphatic carbocycles. The maximum Gasteiger partial charge on any atom is 0.303 e. The Bertz CT molecular complexity index is 695. The third-order valence-corrected chi connectivity index (χ3v) is 5.24. The van der Waals surface area contributed by atoms with Gasteiger partial charge in [-0.1, -0.05) is 0 Å². The molecule has 0 bridgehead atoms. The van der Waals surface area contributed by atoms with Crippen molar-refractivity contribution < 1.29 is 14.5 Å². The zero-order valence-corrected chi connectivity index (χ0v) is 13.9. The first-order chi connectivity index (χ1) is 10.4. The molecule has 2 unspecified atom stereocenters. The summed E-state index contributed by atoms with van der Waals surface area (Å²) in [6.07, 6.45) is 1.77. The van der Waals surface area contributed by atoms with Crippen LogP contribution in [0, 0.1) is 10.1 Å². The smallest absolute Gasteiger partial charge is 0.303 e. The molecule has 0 spiro atoms. The highest BCUT2D eigenvalue weighted by atomic mass is 79.9. The van der Waals surface area contributed by atoms with Crippen LogP contribution >= 0.6 is 15.9 Å². The summed E-state index contributed by atoms with van der Waals surface area (Å²) >= 11 is 3.34. The number of imidazole rings is 1. The van der Waals surface area contributed by atoms with Crippen LogP contribution in [0.25, 0.3) is 0 Å². The van der Waals surface area contributed by atoms with Gasteiger partial charge in [0.05, 0.1) is 10.2 Å². The Morgan fingerprint density at radius 3 is 2.91 bits per heavy atom. The molecule has 118 valence electrons. The molecule has 1 aromatic heterocycles. The predicted octanol–water partition coefficient (Wildman–Crippen LogP) is 2.82. The first kappa shape index (κ1) is 15.2. The first-order valence-electron chi connectivity index (χ1n) is 7.15. The fourth-order valence-corrected chi connectivity index (χ4v) is 3.71. The van der Waals surface area contributed by atoms with Gasteiger partial charge in [-0.3, -0.25) is 14.9 Å². The molecule has 7 nitrogen and oxygen atoms in total. The summed E-state index contributed by atoms with van der Waals surface area (Å²) in [5.74, 6) is 0.272. The molecule has 22 heavy (non-hydrogen) atoms. The van der Waals surface area contributed by atoms with Crippen molar-refractivity contribution in [3.8, 4) is 0 Å². The largest absolute Gasteiger partial charge is 0.454 e. The maximum atomic E-state index is 11.5. The standard InChI is InChI=1S/C14H16BrN3O4/c1-7-6-9-12(13(11(7)15)18(20)21)16-14-10(22-8(2)19)4-3-5-17(9)14/h10,13H,3-6H2,1-2H3. The molecule has 2 heterocycles. The minimum atomic E-state index is -0.972. The van der Waals surface area contributed by atoms with E-state index in [-0.39, 0.29) is 10.9 Å². The number of fused-ring (bicyclic) bond motifs is 3. The van der Waals surface area contributed by atoms with Gasteiger partial charge in [0, 0.05) is 24.8 Å². The zero-order chi connectivity index (χ0) is 16.0. The molecule has 0 N–H and O–H groups in total. The van der Waals surface area contributed by atoms with Crippen molar-refractivity contribution in [3.05, 3.63) is 37.4 Å². The van der Waals surface area contributed by atoms with Crippen molar-refractivity contribution >= 4 is 21.9 Å². The fraction of sp³-hybridized carbons (Fsp3) is 0.571. The molecular formula is C14H16BrN3O4. The second kappa shape index (κ2) is 5.49. The van der Waals surface area contributed by atoms with Crippen molar-refractivity contribution in [1.29, 1.82) is 0 Å². The number of rotatable bonds is 2.